The van der Waals surface area contributed by atoms with Gasteiger partial charge in [-0.05, 0) is 76.6 Å². The van der Waals surface area contributed by atoms with Crippen molar-refractivity contribution >= 4 is 65.4 Å². The van der Waals surface area contributed by atoms with Crippen molar-refractivity contribution in [2.75, 3.05) is 4.90 Å². The molecule has 0 unspecified atom stereocenters. The quantitative estimate of drug-likeness (QED) is 0.393. The van der Waals surface area contributed by atoms with Gasteiger partial charge in [-0.25, -0.2) is 9.88 Å². The first-order valence-electron chi connectivity index (χ1n) is 7.47. The Morgan fingerprint density at radius 1 is 0.654 bits per heavy atom. The van der Waals surface area contributed by atoms with Gasteiger partial charge >= 0.3 is 0 Å². The second kappa shape index (κ2) is 8.24. The van der Waals surface area contributed by atoms with Crippen LogP contribution in [0.25, 0.3) is 0 Å². The fourth-order valence-electron chi connectivity index (χ4n) is 2.24. The molecule has 1 heterocycles. The monoisotopic (exact) mass is 536 g/mol. The molecule has 0 bridgehead atoms. The minimum atomic E-state index is -0.444. The highest BCUT2D eigenvalue weighted by atomic mass is 79.9. The highest BCUT2D eigenvalue weighted by Crippen LogP contribution is 2.22. The molecule has 4 nitrogen and oxygen atoms in total. The number of pyridine rings is 1. The van der Waals surface area contributed by atoms with Crippen LogP contribution >= 0.6 is 47.8 Å². The van der Waals surface area contributed by atoms with E-state index in [9.17, 15) is 9.59 Å². The summed E-state index contributed by atoms with van der Waals surface area (Å²) in [6.07, 6.45) is 1.55. The number of aromatic nitrogens is 1. The lowest BCUT2D eigenvalue weighted by Gasteiger charge is -2.20. The third-order valence-corrected chi connectivity index (χ3v) is 5.06. The molecule has 0 aliphatic heterocycles. The number of rotatable bonds is 3. The van der Waals surface area contributed by atoms with E-state index >= 15 is 0 Å². The summed E-state index contributed by atoms with van der Waals surface area (Å²) in [4.78, 5) is 31.4. The van der Waals surface area contributed by atoms with E-state index in [0.717, 1.165) is 18.3 Å². The van der Waals surface area contributed by atoms with Gasteiger partial charge in [0.05, 0.1) is 0 Å². The van der Waals surface area contributed by atoms with Gasteiger partial charge in [0.25, 0.3) is 11.8 Å². The maximum atomic E-state index is 13.1. The van der Waals surface area contributed by atoms with Gasteiger partial charge in [-0.2, -0.15) is 0 Å². The van der Waals surface area contributed by atoms with E-state index in [4.69, 9.17) is 0 Å². The molecule has 0 spiro atoms. The van der Waals surface area contributed by atoms with Crippen LogP contribution in [0.5, 0.6) is 0 Å². The molecule has 0 N–H and O–H groups in total. The molecule has 1 aromatic heterocycles. The average molecular weight is 539 g/mol. The molecule has 0 saturated heterocycles. The van der Waals surface area contributed by atoms with Crippen LogP contribution in [0.1, 0.15) is 20.7 Å². The SMILES string of the molecule is O=C(c1ccc(Br)cc1)N(C(=O)c1ccc(Br)cc1)c1ccc(Br)cn1. The molecule has 0 aliphatic rings. The zero-order valence-electron chi connectivity index (χ0n) is 13.2. The summed E-state index contributed by atoms with van der Waals surface area (Å²) in [5.74, 6) is -0.630. The first-order valence-corrected chi connectivity index (χ1v) is 9.85. The standard InChI is InChI=1S/C19H11Br3N2O2/c20-14-5-1-12(2-6-14)18(25)24(17-10-9-16(22)11-23-17)19(26)13-3-7-15(21)8-4-13/h1-11H. The Morgan fingerprint density at radius 3 is 1.46 bits per heavy atom. The summed E-state index contributed by atoms with van der Waals surface area (Å²) in [7, 11) is 0. The second-order valence-corrected chi connectivity index (χ2v) is 8.04. The van der Waals surface area contributed by atoms with Gasteiger partial charge in [0, 0.05) is 30.7 Å². The van der Waals surface area contributed by atoms with E-state index in [-0.39, 0.29) is 5.82 Å². The van der Waals surface area contributed by atoms with Gasteiger partial charge in [0.2, 0.25) is 0 Å². The zero-order chi connectivity index (χ0) is 18.7. The molecule has 7 heteroatoms. The molecule has 0 aliphatic carbocycles. The van der Waals surface area contributed by atoms with Gasteiger partial charge in [-0.3, -0.25) is 9.59 Å². The van der Waals surface area contributed by atoms with Crippen molar-refractivity contribution in [2.24, 2.45) is 0 Å². The third-order valence-electron chi connectivity index (χ3n) is 3.53. The number of carbonyl (C=O) groups excluding carboxylic acids is 2. The summed E-state index contributed by atoms with van der Waals surface area (Å²) in [6, 6.07) is 17.0. The predicted octanol–water partition coefficient (Wildman–Crippen LogP) is 5.86. The predicted molar refractivity (Wildman–Crippen MR) is 111 cm³/mol. The molecule has 0 radical (unpaired) electrons. The molecule has 130 valence electrons. The van der Waals surface area contributed by atoms with Gasteiger partial charge in [0.1, 0.15) is 5.82 Å². The molecule has 3 rings (SSSR count). The van der Waals surface area contributed by atoms with Crippen LogP contribution < -0.4 is 4.90 Å². The smallest absolute Gasteiger partial charge is 0.266 e. The highest BCUT2D eigenvalue weighted by molar-refractivity contribution is 9.11. The molecular weight excluding hydrogens is 528 g/mol. The summed E-state index contributed by atoms with van der Waals surface area (Å²) in [5, 5.41) is 0. The van der Waals surface area contributed by atoms with E-state index in [1.165, 1.54) is 0 Å². The Morgan fingerprint density at radius 2 is 1.08 bits per heavy atom. The fourth-order valence-corrected chi connectivity index (χ4v) is 3.01. The second-order valence-electron chi connectivity index (χ2n) is 5.29. The van der Waals surface area contributed by atoms with Crippen molar-refractivity contribution in [2.45, 2.75) is 0 Å². The van der Waals surface area contributed by atoms with Crippen molar-refractivity contribution in [1.29, 1.82) is 0 Å². The lowest BCUT2D eigenvalue weighted by Crippen LogP contribution is -2.37. The van der Waals surface area contributed by atoms with Gasteiger partial charge in [0.15, 0.2) is 0 Å². The first kappa shape index (κ1) is 18.9. The van der Waals surface area contributed by atoms with Crippen LogP contribution in [0, 0.1) is 0 Å². The molecule has 3 aromatic rings. The van der Waals surface area contributed by atoms with E-state index in [2.05, 4.69) is 52.8 Å². The summed E-state index contributed by atoms with van der Waals surface area (Å²) < 4.78 is 2.46. The Bertz CT molecular complexity index is 883. The van der Waals surface area contributed by atoms with Crippen LogP contribution in [0.3, 0.4) is 0 Å². The number of benzene rings is 2. The fraction of sp³-hybridized carbons (Fsp3) is 0. The largest absolute Gasteiger partial charge is 0.268 e. The Labute approximate surface area is 175 Å². The minimum absolute atomic E-state index is 0.258. The van der Waals surface area contributed by atoms with E-state index in [1.54, 1.807) is 66.9 Å². The van der Waals surface area contributed by atoms with Crippen molar-refractivity contribution in [3.05, 3.63) is 91.4 Å². The zero-order valence-corrected chi connectivity index (χ0v) is 18.0. The summed E-state index contributed by atoms with van der Waals surface area (Å²) >= 11 is 10.00. The van der Waals surface area contributed by atoms with Gasteiger partial charge in [-0.1, -0.05) is 31.9 Å². The number of hydrogen-bond acceptors (Lipinski definition) is 3. The Hall–Kier alpha value is -1.83. The molecule has 26 heavy (non-hydrogen) atoms. The average Bonchev–Trinajstić information content (AvgIpc) is 2.64. The topological polar surface area (TPSA) is 50.3 Å². The number of amides is 2. The number of anilines is 1. The highest BCUT2D eigenvalue weighted by Gasteiger charge is 2.27. The molecule has 0 saturated carbocycles. The van der Waals surface area contributed by atoms with Crippen LogP contribution in [0.15, 0.2) is 80.3 Å². The minimum Gasteiger partial charge on any atom is -0.268 e. The third kappa shape index (κ3) is 4.28. The van der Waals surface area contributed by atoms with Crippen LogP contribution in [-0.2, 0) is 0 Å². The maximum absolute atomic E-state index is 13.1. The van der Waals surface area contributed by atoms with Gasteiger partial charge < -0.3 is 0 Å². The van der Waals surface area contributed by atoms with Crippen molar-refractivity contribution in [3.63, 3.8) is 0 Å². The molecule has 2 aromatic carbocycles. The summed E-state index contributed by atoms with van der Waals surface area (Å²) in [6.45, 7) is 0. The van der Waals surface area contributed by atoms with E-state index in [1.807, 2.05) is 0 Å². The van der Waals surface area contributed by atoms with Crippen molar-refractivity contribution in [1.82, 2.24) is 4.98 Å². The van der Waals surface area contributed by atoms with E-state index in [0.29, 0.717) is 11.1 Å². The Balaban J connectivity index is 2.05. The molecular formula is C19H11Br3N2O2. The molecule has 0 fully saturated rings. The lowest BCUT2D eigenvalue weighted by atomic mass is 10.1. The van der Waals surface area contributed by atoms with Crippen LogP contribution in [0.2, 0.25) is 0 Å². The maximum Gasteiger partial charge on any atom is 0.266 e. The molecule has 2 amide bonds. The van der Waals surface area contributed by atoms with Crippen LogP contribution in [-0.4, -0.2) is 16.8 Å². The van der Waals surface area contributed by atoms with Gasteiger partial charge in [-0.15, -0.1) is 0 Å². The number of imide groups is 1. The normalized spacial score (nSPS) is 10.4. The number of carbonyl (C=O) groups is 2. The van der Waals surface area contributed by atoms with Crippen molar-refractivity contribution in [3.8, 4) is 0 Å². The lowest BCUT2D eigenvalue weighted by molar-refractivity contribution is 0.0896. The number of nitrogens with zero attached hydrogens (tertiary/aromatic N) is 2. The van der Waals surface area contributed by atoms with Crippen LogP contribution in [0.4, 0.5) is 5.82 Å². The Kier molecular flexibility index (Phi) is 6.01. The first-order chi connectivity index (χ1) is 12.5. The summed E-state index contributed by atoms with van der Waals surface area (Å²) in [5.41, 5.74) is 0.784. The number of halogens is 3. The van der Waals surface area contributed by atoms with E-state index < -0.39 is 11.8 Å². The van der Waals surface area contributed by atoms with Crippen molar-refractivity contribution < 1.29 is 9.59 Å². The molecule has 0 atom stereocenters. The number of hydrogen-bond donors (Lipinski definition) is 0.